The lowest BCUT2D eigenvalue weighted by Gasteiger charge is -2.56. The van der Waals surface area contributed by atoms with Crippen LogP contribution < -0.4 is 0 Å². The van der Waals surface area contributed by atoms with E-state index in [1.54, 1.807) is 11.8 Å². The number of ketones is 1. The third-order valence-electron chi connectivity index (χ3n) is 7.02. The van der Waals surface area contributed by atoms with Crippen LogP contribution in [0.3, 0.4) is 0 Å². The highest BCUT2D eigenvalue weighted by molar-refractivity contribution is 8.00. The average molecular weight is 346 g/mol. The molecule has 5 heteroatoms. The lowest BCUT2D eigenvalue weighted by atomic mass is 9.48. The number of Topliss-reactive ketones (excluding diaryl/α,β-unsaturated/α-hetero) is 1. The molecule has 0 saturated heterocycles. The maximum atomic E-state index is 13.4. The van der Waals surface area contributed by atoms with Crippen LogP contribution in [0, 0.1) is 23.2 Å². The first-order chi connectivity index (χ1) is 11.5. The largest absolute Gasteiger partial charge is 0.309 e. The quantitative estimate of drug-likeness (QED) is 0.758. The van der Waals surface area contributed by atoms with Crippen molar-refractivity contribution in [3.63, 3.8) is 0 Å². The van der Waals surface area contributed by atoms with Crippen LogP contribution in [0.4, 0.5) is 0 Å². The standard InChI is InChI=1S/C19H27N3OS/c1-11(24-18-21-20-17(22(18)2)15-3-4-15)16(23)19-8-12-5-13(9-19)7-14(6-12)10-19/h11-15H,3-10H2,1-2H3/t11-,12?,13?,14?,19?/m1/s1. The van der Waals surface area contributed by atoms with Gasteiger partial charge in [-0.3, -0.25) is 4.79 Å². The van der Waals surface area contributed by atoms with E-state index in [4.69, 9.17) is 0 Å². The summed E-state index contributed by atoms with van der Waals surface area (Å²) in [5.74, 6) is 4.69. The van der Waals surface area contributed by atoms with Crippen LogP contribution in [0.1, 0.15) is 70.0 Å². The molecule has 6 rings (SSSR count). The first kappa shape index (κ1) is 15.4. The highest BCUT2D eigenvalue weighted by Gasteiger charge is 2.55. The molecule has 4 nitrogen and oxygen atoms in total. The molecular weight excluding hydrogens is 318 g/mol. The SMILES string of the molecule is C[C@@H](Sc1nnc(C2CC2)n1C)C(=O)C12CC3CC(CC(C3)C1)C2. The molecule has 5 fully saturated rings. The van der Waals surface area contributed by atoms with E-state index in [0.717, 1.165) is 48.0 Å². The van der Waals surface area contributed by atoms with Gasteiger partial charge in [0.25, 0.3) is 0 Å². The van der Waals surface area contributed by atoms with E-state index in [-0.39, 0.29) is 10.7 Å². The summed E-state index contributed by atoms with van der Waals surface area (Å²) >= 11 is 1.63. The van der Waals surface area contributed by atoms with E-state index < -0.39 is 0 Å². The normalized spacial score (nSPS) is 38.5. The van der Waals surface area contributed by atoms with Gasteiger partial charge in [0.1, 0.15) is 5.82 Å². The molecule has 130 valence electrons. The molecule has 1 aromatic rings. The Balaban J connectivity index is 1.33. The molecule has 1 atom stereocenters. The molecule has 1 heterocycles. The molecule has 4 bridgehead atoms. The third kappa shape index (κ3) is 2.38. The zero-order valence-corrected chi connectivity index (χ0v) is 15.5. The number of hydrogen-bond donors (Lipinski definition) is 0. The van der Waals surface area contributed by atoms with E-state index in [2.05, 4.69) is 28.7 Å². The number of aromatic nitrogens is 3. The maximum absolute atomic E-state index is 13.4. The molecule has 0 radical (unpaired) electrons. The molecular formula is C19H27N3OS. The zero-order valence-electron chi connectivity index (χ0n) is 14.7. The minimum Gasteiger partial charge on any atom is -0.309 e. The van der Waals surface area contributed by atoms with E-state index in [1.807, 2.05) is 0 Å². The lowest BCUT2D eigenvalue weighted by molar-refractivity contribution is -0.142. The van der Waals surface area contributed by atoms with Gasteiger partial charge in [-0.05, 0) is 76.0 Å². The van der Waals surface area contributed by atoms with Gasteiger partial charge in [0.05, 0.1) is 5.25 Å². The van der Waals surface area contributed by atoms with Crippen LogP contribution >= 0.6 is 11.8 Å². The van der Waals surface area contributed by atoms with E-state index in [9.17, 15) is 4.79 Å². The van der Waals surface area contributed by atoms with E-state index in [0.29, 0.717) is 11.7 Å². The first-order valence-corrected chi connectivity index (χ1v) is 10.5. The molecule has 5 saturated carbocycles. The van der Waals surface area contributed by atoms with Gasteiger partial charge in [-0.15, -0.1) is 10.2 Å². The Hall–Kier alpha value is -0.840. The monoisotopic (exact) mass is 345 g/mol. The van der Waals surface area contributed by atoms with Crippen molar-refractivity contribution in [2.24, 2.45) is 30.2 Å². The Morgan fingerprint density at radius 1 is 1.12 bits per heavy atom. The minimum absolute atomic E-state index is 0.000911. The molecule has 5 aliphatic carbocycles. The molecule has 0 amide bonds. The number of carbonyl (C=O) groups is 1. The van der Waals surface area contributed by atoms with Crippen LogP contribution in [0.25, 0.3) is 0 Å². The molecule has 1 aromatic heterocycles. The van der Waals surface area contributed by atoms with Gasteiger partial charge in [-0.1, -0.05) is 11.8 Å². The topological polar surface area (TPSA) is 47.8 Å². The lowest BCUT2D eigenvalue weighted by Crippen LogP contribution is -2.51. The van der Waals surface area contributed by atoms with Crippen molar-refractivity contribution in [3.05, 3.63) is 5.82 Å². The van der Waals surface area contributed by atoms with Crippen molar-refractivity contribution < 1.29 is 4.79 Å². The highest BCUT2D eigenvalue weighted by Crippen LogP contribution is 2.61. The summed E-state index contributed by atoms with van der Waals surface area (Å²) in [5, 5.41) is 9.65. The smallest absolute Gasteiger partial charge is 0.191 e. The summed E-state index contributed by atoms with van der Waals surface area (Å²) in [6.07, 6.45) is 10.1. The van der Waals surface area contributed by atoms with Gasteiger partial charge in [-0.2, -0.15) is 0 Å². The molecule has 24 heavy (non-hydrogen) atoms. The fourth-order valence-corrected chi connectivity index (χ4v) is 7.19. The molecule has 0 spiro atoms. The van der Waals surface area contributed by atoms with Crippen LogP contribution in [-0.2, 0) is 11.8 Å². The number of carbonyl (C=O) groups excluding carboxylic acids is 1. The molecule has 0 aliphatic heterocycles. The Bertz CT molecular complexity index is 643. The van der Waals surface area contributed by atoms with Gasteiger partial charge in [0.2, 0.25) is 0 Å². The molecule has 0 aromatic carbocycles. The number of hydrogen-bond acceptors (Lipinski definition) is 4. The van der Waals surface area contributed by atoms with Gasteiger partial charge in [-0.25, -0.2) is 0 Å². The fourth-order valence-electron chi connectivity index (χ4n) is 6.18. The van der Waals surface area contributed by atoms with Crippen LogP contribution in [0.15, 0.2) is 5.16 Å². The van der Waals surface area contributed by atoms with Crippen LogP contribution in [0.5, 0.6) is 0 Å². The summed E-state index contributed by atoms with van der Waals surface area (Å²) < 4.78 is 2.12. The third-order valence-corrected chi connectivity index (χ3v) is 8.16. The second-order valence-electron chi connectivity index (χ2n) is 9.00. The Kier molecular flexibility index (Phi) is 3.42. The Morgan fingerprint density at radius 3 is 2.25 bits per heavy atom. The minimum atomic E-state index is -0.00352. The van der Waals surface area contributed by atoms with Crippen LogP contribution in [-0.4, -0.2) is 25.8 Å². The molecule has 0 unspecified atom stereocenters. The van der Waals surface area contributed by atoms with Crippen molar-refractivity contribution in [2.45, 2.75) is 74.6 Å². The van der Waals surface area contributed by atoms with Gasteiger partial charge in [0, 0.05) is 18.4 Å². The van der Waals surface area contributed by atoms with Crippen LogP contribution in [0.2, 0.25) is 0 Å². The average Bonchev–Trinajstić information content (AvgIpc) is 3.31. The zero-order chi connectivity index (χ0) is 16.5. The number of nitrogens with zero attached hydrogens (tertiary/aromatic N) is 3. The Labute approximate surface area is 148 Å². The van der Waals surface area contributed by atoms with Crippen molar-refractivity contribution in [3.8, 4) is 0 Å². The number of rotatable bonds is 5. The van der Waals surface area contributed by atoms with Crippen molar-refractivity contribution >= 4 is 17.5 Å². The summed E-state index contributed by atoms with van der Waals surface area (Å²) in [5.41, 5.74) is -0.000911. The second-order valence-corrected chi connectivity index (χ2v) is 10.3. The predicted molar refractivity (Wildman–Crippen MR) is 93.9 cm³/mol. The van der Waals surface area contributed by atoms with Crippen molar-refractivity contribution in [1.29, 1.82) is 0 Å². The second kappa shape index (κ2) is 5.33. The van der Waals surface area contributed by atoms with Gasteiger partial charge in [0.15, 0.2) is 10.9 Å². The number of thioether (sulfide) groups is 1. The van der Waals surface area contributed by atoms with E-state index in [1.165, 1.54) is 32.1 Å². The van der Waals surface area contributed by atoms with E-state index >= 15 is 0 Å². The van der Waals surface area contributed by atoms with Crippen molar-refractivity contribution in [1.82, 2.24) is 14.8 Å². The first-order valence-electron chi connectivity index (χ1n) is 9.64. The summed E-state index contributed by atoms with van der Waals surface area (Å²) in [6, 6.07) is 0. The van der Waals surface area contributed by atoms with Crippen molar-refractivity contribution in [2.75, 3.05) is 0 Å². The van der Waals surface area contributed by atoms with Gasteiger partial charge < -0.3 is 4.57 Å². The Morgan fingerprint density at radius 2 is 1.71 bits per heavy atom. The highest BCUT2D eigenvalue weighted by atomic mass is 32.2. The van der Waals surface area contributed by atoms with Gasteiger partial charge >= 0.3 is 0 Å². The molecule has 5 aliphatic rings. The predicted octanol–water partition coefficient (Wildman–Crippen LogP) is 3.96. The maximum Gasteiger partial charge on any atom is 0.191 e. The molecule has 0 N–H and O–H groups in total. The summed E-state index contributed by atoms with van der Waals surface area (Å²) in [4.78, 5) is 13.4. The summed E-state index contributed by atoms with van der Waals surface area (Å²) in [6.45, 7) is 2.09. The fraction of sp³-hybridized carbons (Fsp3) is 0.842. The summed E-state index contributed by atoms with van der Waals surface area (Å²) in [7, 11) is 2.05.